The van der Waals surface area contributed by atoms with Gasteiger partial charge in [-0.05, 0) is 38.2 Å². The normalized spacial score (nSPS) is 17.3. The Hall–Kier alpha value is -3.33. The zero-order valence-electron chi connectivity index (χ0n) is 16.9. The number of anilines is 1. The molecule has 31 heavy (non-hydrogen) atoms. The molecule has 1 fully saturated rings. The maximum Gasteiger partial charge on any atom is 0.341 e. The second-order valence-corrected chi connectivity index (χ2v) is 7.74. The van der Waals surface area contributed by atoms with Gasteiger partial charge in [-0.3, -0.25) is 4.79 Å². The third-order valence-corrected chi connectivity index (χ3v) is 5.77. The van der Waals surface area contributed by atoms with Crippen LogP contribution in [0.2, 0.25) is 0 Å². The second-order valence-electron chi connectivity index (χ2n) is 7.74. The molecule has 1 atom stereocenters. The third kappa shape index (κ3) is 3.65. The fourth-order valence-corrected chi connectivity index (χ4v) is 3.87. The molecule has 6 nitrogen and oxygen atoms in total. The van der Waals surface area contributed by atoms with Crippen LogP contribution in [0, 0.1) is 17.5 Å². The minimum atomic E-state index is -1.53. The van der Waals surface area contributed by atoms with Crippen LogP contribution in [0.5, 0.6) is 0 Å². The van der Waals surface area contributed by atoms with Gasteiger partial charge in [0.2, 0.25) is 5.43 Å². The number of nitrogens with zero attached hydrogens (tertiary/aromatic N) is 3. The average molecular weight is 431 g/mol. The van der Waals surface area contributed by atoms with Crippen LogP contribution in [0.3, 0.4) is 0 Å². The Morgan fingerprint density at radius 1 is 1.06 bits per heavy atom. The lowest BCUT2D eigenvalue weighted by molar-refractivity contribution is 0.0695. The summed E-state index contributed by atoms with van der Waals surface area (Å²) in [6.07, 6.45) is 0.984. The first-order valence-electron chi connectivity index (χ1n) is 9.70. The predicted octanol–water partition coefficient (Wildman–Crippen LogP) is 3.25. The van der Waals surface area contributed by atoms with Gasteiger partial charge in [-0.2, -0.15) is 0 Å². The van der Waals surface area contributed by atoms with Crippen LogP contribution in [-0.4, -0.2) is 53.3 Å². The van der Waals surface area contributed by atoms with Crippen molar-refractivity contribution in [3.8, 4) is 5.69 Å². The molecule has 4 rings (SSSR count). The third-order valence-electron chi connectivity index (χ3n) is 5.77. The Morgan fingerprint density at radius 3 is 2.42 bits per heavy atom. The molecule has 1 unspecified atom stereocenters. The van der Waals surface area contributed by atoms with Crippen LogP contribution in [0.4, 0.5) is 18.9 Å². The zero-order chi connectivity index (χ0) is 22.4. The molecule has 9 heteroatoms. The molecular weight excluding hydrogens is 411 g/mol. The molecule has 1 saturated heterocycles. The smallest absolute Gasteiger partial charge is 0.341 e. The molecule has 2 heterocycles. The first kappa shape index (κ1) is 20.9. The number of pyridine rings is 1. The van der Waals surface area contributed by atoms with Crippen molar-refractivity contribution in [3.05, 3.63) is 69.8 Å². The molecule has 3 aromatic rings. The van der Waals surface area contributed by atoms with E-state index in [1.54, 1.807) is 0 Å². The van der Waals surface area contributed by atoms with Gasteiger partial charge in [0.25, 0.3) is 0 Å². The van der Waals surface area contributed by atoms with Crippen LogP contribution < -0.4 is 10.3 Å². The van der Waals surface area contributed by atoms with E-state index in [0.29, 0.717) is 25.7 Å². The molecule has 0 bridgehead atoms. The first-order valence-corrected chi connectivity index (χ1v) is 9.70. The van der Waals surface area contributed by atoms with E-state index in [-0.39, 0.29) is 28.3 Å². The lowest BCUT2D eigenvalue weighted by atomic mass is 10.1. The fraction of sp³-hybridized carbons (Fsp3) is 0.273. The minimum absolute atomic E-state index is 0.128. The number of piperazine rings is 1. The summed E-state index contributed by atoms with van der Waals surface area (Å²) in [4.78, 5) is 28.2. The number of aromatic carboxylic acids is 1. The van der Waals surface area contributed by atoms with E-state index in [2.05, 4.69) is 4.90 Å². The number of hydrogen-bond acceptors (Lipinski definition) is 4. The SMILES string of the molecule is CC1CN(c2cc3c(cc2F)c(=O)c(C(=O)O)cn3-c2ccc(F)cc2F)CCN1C. The topological polar surface area (TPSA) is 65.8 Å². The summed E-state index contributed by atoms with van der Waals surface area (Å²) in [6, 6.07) is 5.39. The highest BCUT2D eigenvalue weighted by Gasteiger charge is 2.25. The number of carbonyl (C=O) groups is 1. The quantitative estimate of drug-likeness (QED) is 0.690. The Labute approximate surface area is 175 Å². The number of hydrogen-bond donors (Lipinski definition) is 1. The van der Waals surface area contributed by atoms with E-state index in [1.807, 2.05) is 18.9 Å². The van der Waals surface area contributed by atoms with Gasteiger partial charge in [0.05, 0.1) is 16.9 Å². The Kier molecular flexibility index (Phi) is 5.22. The minimum Gasteiger partial charge on any atom is -0.477 e. The summed E-state index contributed by atoms with van der Waals surface area (Å²) in [5.74, 6) is -3.95. The largest absolute Gasteiger partial charge is 0.477 e. The van der Waals surface area contributed by atoms with Crippen molar-refractivity contribution in [2.24, 2.45) is 0 Å². The predicted molar refractivity (Wildman–Crippen MR) is 111 cm³/mol. The van der Waals surface area contributed by atoms with Crippen molar-refractivity contribution in [2.75, 3.05) is 31.6 Å². The number of halogens is 3. The van der Waals surface area contributed by atoms with Crippen LogP contribution in [0.25, 0.3) is 16.6 Å². The van der Waals surface area contributed by atoms with E-state index < -0.39 is 34.4 Å². The summed E-state index contributed by atoms with van der Waals surface area (Å²) >= 11 is 0. The van der Waals surface area contributed by atoms with Gasteiger partial charge < -0.3 is 19.5 Å². The van der Waals surface area contributed by atoms with Gasteiger partial charge in [0.15, 0.2) is 0 Å². The first-order chi connectivity index (χ1) is 14.7. The molecule has 1 aromatic heterocycles. The Balaban J connectivity index is 2.00. The molecule has 1 aliphatic heterocycles. The number of carboxylic acids is 1. The molecular formula is C22H20F3N3O3. The fourth-order valence-electron chi connectivity index (χ4n) is 3.87. The summed E-state index contributed by atoms with van der Waals surface area (Å²) in [5.41, 5.74) is -1.32. The number of benzene rings is 2. The number of carboxylic acid groups (broad SMARTS) is 1. The molecule has 162 valence electrons. The molecule has 2 aromatic carbocycles. The van der Waals surface area contributed by atoms with Crippen LogP contribution >= 0.6 is 0 Å². The van der Waals surface area contributed by atoms with Crippen molar-refractivity contribution in [2.45, 2.75) is 13.0 Å². The average Bonchev–Trinajstić information content (AvgIpc) is 2.71. The van der Waals surface area contributed by atoms with E-state index in [1.165, 1.54) is 6.07 Å². The highest BCUT2D eigenvalue weighted by molar-refractivity contribution is 5.94. The summed E-state index contributed by atoms with van der Waals surface area (Å²) < 4.78 is 44.2. The maximum absolute atomic E-state index is 15.0. The molecule has 0 spiro atoms. The van der Waals surface area contributed by atoms with Crippen LogP contribution in [0.15, 0.2) is 41.3 Å². The standard InChI is InChI=1S/C22H20F3N3O3/c1-12-10-27(6-5-26(12)2)20-9-19-14(8-17(20)25)21(29)15(22(30)31)11-28(19)18-4-3-13(23)7-16(18)24/h3-4,7-9,11-12H,5-6,10H2,1-2H3,(H,30,31). The van der Waals surface area contributed by atoms with E-state index in [0.717, 1.165) is 29.0 Å². The molecule has 1 N–H and O–H groups in total. The van der Waals surface area contributed by atoms with Gasteiger partial charge >= 0.3 is 5.97 Å². The molecule has 0 amide bonds. The number of fused-ring (bicyclic) bond motifs is 1. The van der Waals surface area contributed by atoms with Gasteiger partial charge in [-0.25, -0.2) is 18.0 Å². The van der Waals surface area contributed by atoms with Crippen molar-refractivity contribution in [1.82, 2.24) is 9.47 Å². The van der Waals surface area contributed by atoms with E-state index in [9.17, 15) is 23.5 Å². The van der Waals surface area contributed by atoms with Gasteiger partial charge in [0, 0.05) is 43.3 Å². The Morgan fingerprint density at radius 2 is 1.77 bits per heavy atom. The molecule has 0 aliphatic carbocycles. The monoisotopic (exact) mass is 431 g/mol. The number of rotatable bonds is 3. The maximum atomic E-state index is 15.0. The molecule has 1 aliphatic rings. The van der Waals surface area contributed by atoms with Gasteiger partial charge in [-0.1, -0.05) is 0 Å². The van der Waals surface area contributed by atoms with Crippen LogP contribution in [-0.2, 0) is 0 Å². The highest BCUT2D eigenvalue weighted by atomic mass is 19.1. The summed E-state index contributed by atoms with van der Waals surface area (Å²) in [6.45, 7) is 3.80. The van der Waals surface area contributed by atoms with E-state index >= 15 is 4.39 Å². The van der Waals surface area contributed by atoms with Crippen molar-refractivity contribution < 1.29 is 23.1 Å². The van der Waals surface area contributed by atoms with Crippen LogP contribution in [0.1, 0.15) is 17.3 Å². The molecule has 0 radical (unpaired) electrons. The van der Waals surface area contributed by atoms with Gasteiger partial charge in [0.1, 0.15) is 23.0 Å². The Bertz CT molecular complexity index is 1260. The van der Waals surface area contributed by atoms with E-state index in [4.69, 9.17) is 0 Å². The lowest BCUT2D eigenvalue weighted by Crippen LogP contribution is -2.50. The number of aromatic nitrogens is 1. The lowest BCUT2D eigenvalue weighted by Gasteiger charge is -2.39. The molecule has 0 saturated carbocycles. The van der Waals surface area contributed by atoms with Crippen molar-refractivity contribution in [3.63, 3.8) is 0 Å². The summed E-state index contributed by atoms with van der Waals surface area (Å²) in [7, 11) is 1.97. The van der Waals surface area contributed by atoms with Gasteiger partial charge in [-0.15, -0.1) is 0 Å². The van der Waals surface area contributed by atoms with Crippen molar-refractivity contribution in [1.29, 1.82) is 0 Å². The second kappa shape index (κ2) is 7.73. The summed E-state index contributed by atoms with van der Waals surface area (Å²) in [5, 5.41) is 9.22. The highest BCUT2D eigenvalue weighted by Crippen LogP contribution is 2.29. The zero-order valence-corrected chi connectivity index (χ0v) is 16.9. The van der Waals surface area contributed by atoms with Crippen molar-refractivity contribution >= 4 is 22.6 Å². The number of likely N-dealkylation sites (N-methyl/N-ethyl adjacent to an activating group) is 1.